The Balaban J connectivity index is -0.000000249. The van der Waals surface area contributed by atoms with Gasteiger partial charge in [0.25, 0.3) is 17.8 Å². The molecule has 2 atom stereocenters. The Labute approximate surface area is 335 Å². The molecule has 0 amide bonds. The molecule has 18 heteroatoms. The first-order valence-corrected chi connectivity index (χ1v) is 12.1. The van der Waals surface area contributed by atoms with Crippen molar-refractivity contribution in [1.29, 1.82) is 0 Å². The Morgan fingerprint density at radius 2 is 1.38 bits per heavy atom. The monoisotopic (exact) mass is 673 g/mol. The van der Waals surface area contributed by atoms with E-state index in [1.807, 2.05) is 0 Å². The zero-order valence-corrected chi connectivity index (χ0v) is 30.4. The maximum atomic E-state index is 12.1. The van der Waals surface area contributed by atoms with Gasteiger partial charge < -0.3 is 26.7 Å². The number of aliphatic hydroxyl groups is 2. The van der Waals surface area contributed by atoms with Crippen molar-refractivity contribution in [1.82, 2.24) is 4.42 Å². The fourth-order valence-corrected chi connectivity index (χ4v) is 3.73. The second-order valence-electron chi connectivity index (χ2n) is 8.11. The van der Waals surface area contributed by atoms with E-state index in [2.05, 4.69) is 9.79 Å². The van der Waals surface area contributed by atoms with Gasteiger partial charge in [0, 0.05) is 56.1 Å². The number of anilines is 1. The molecule has 0 aliphatic carbocycles. The third kappa shape index (κ3) is 21.5. The minimum absolute atomic E-state index is 0. The number of aliphatic hydroxyl groups excluding tert-OH is 2. The van der Waals surface area contributed by atoms with Gasteiger partial charge >= 0.3 is 103 Å². The first-order chi connectivity index (χ1) is 19.5. The van der Waals surface area contributed by atoms with Gasteiger partial charge in [-0.15, -0.1) is 0 Å². The maximum absolute atomic E-state index is 12.1. The first kappa shape index (κ1) is 43.9. The Hall–Kier alpha value is -0.227. The van der Waals surface area contributed by atoms with E-state index < -0.39 is 22.8 Å². The summed E-state index contributed by atoms with van der Waals surface area (Å²) in [5.74, 6) is -0.467. The van der Waals surface area contributed by atoms with Crippen LogP contribution in [0.15, 0.2) is 48.5 Å². The Kier molecular flexibility index (Phi) is 29.5. The van der Waals surface area contributed by atoms with Crippen LogP contribution in [0.4, 0.5) is 25.8 Å². The Morgan fingerprint density at radius 3 is 1.71 bits per heavy atom. The number of rotatable bonds is 4. The summed E-state index contributed by atoms with van der Waals surface area (Å²) in [5.41, 5.74) is 0.937. The largest absolute Gasteiger partial charge is 1.00 e. The molecule has 0 saturated carbocycles. The average molecular weight is 674 g/mol. The molecule has 2 aromatic carbocycles. The SMILES string of the molecule is O=CO[O-].O=[N+]([O-])c1ccc(F)cc1.O=[N+]([O-])c1ccc(N2CCC[C@@H](O)C2)cc1.O[C@@H]1CCCN(Cl)C1.[2H]CF.[H-].[K+].[K+]. The number of carbonyl (C=O) groups is 1. The topological polar surface area (TPSA) is 183 Å². The smallest absolute Gasteiger partial charge is 1.00 e. The molecule has 0 unspecified atom stereocenters. The minimum atomic E-state index is -1.00. The second-order valence-corrected chi connectivity index (χ2v) is 8.58. The van der Waals surface area contributed by atoms with Crippen LogP contribution in [0.5, 0.6) is 0 Å². The fourth-order valence-electron chi connectivity index (χ4n) is 3.45. The second kappa shape index (κ2) is 28.3. The molecular formula is C24H33ClF2K2N4O9. The number of benzene rings is 2. The Bertz CT molecular complexity index is 1020. The molecule has 2 aliphatic heterocycles. The molecule has 2 fully saturated rings. The number of nitro groups is 2. The zero-order valence-electron chi connectivity index (χ0n) is 25.4. The molecule has 0 spiro atoms. The summed E-state index contributed by atoms with van der Waals surface area (Å²) in [6.45, 7) is 2.87. The summed E-state index contributed by atoms with van der Waals surface area (Å²) in [4.78, 5) is 32.8. The van der Waals surface area contributed by atoms with Crippen LogP contribution in [-0.2, 0) is 9.68 Å². The number of halogens is 3. The van der Waals surface area contributed by atoms with E-state index in [0.717, 1.165) is 68.7 Å². The van der Waals surface area contributed by atoms with Crippen LogP contribution in [0.3, 0.4) is 0 Å². The average Bonchev–Trinajstić information content (AvgIpc) is 2.94. The van der Waals surface area contributed by atoms with E-state index in [-0.39, 0.29) is 134 Å². The zero-order chi connectivity index (χ0) is 31.2. The van der Waals surface area contributed by atoms with Crippen LogP contribution < -0.4 is 113 Å². The molecule has 4 rings (SSSR count). The normalized spacial score (nSPS) is 17.4. The van der Waals surface area contributed by atoms with Crippen molar-refractivity contribution in [2.24, 2.45) is 0 Å². The van der Waals surface area contributed by atoms with Gasteiger partial charge in [-0.3, -0.25) is 29.4 Å². The van der Waals surface area contributed by atoms with Crippen LogP contribution in [0.1, 0.15) is 28.5 Å². The number of nitro benzene ring substituents is 2. The van der Waals surface area contributed by atoms with Crippen molar-refractivity contribution in [2.45, 2.75) is 37.9 Å². The van der Waals surface area contributed by atoms with E-state index in [4.69, 9.17) is 28.3 Å². The number of non-ortho nitro benzene ring substituents is 2. The number of hydrogen-bond donors (Lipinski definition) is 2. The van der Waals surface area contributed by atoms with Gasteiger partial charge in [0.1, 0.15) is 5.82 Å². The summed E-state index contributed by atoms with van der Waals surface area (Å²) in [5, 5.41) is 47.4. The standard InChI is InChI=1S/C11H14N2O3.C6H4FNO2.C5H10ClNO.CH3F.CH2O3.2K.H/c14-11-2-1-7-12(8-11)9-3-5-10(6-4-9)13(15)16;7-5-1-3-6(4-2-5)8(9)10;6-7-3-1-2-5(8)4-7;1-2;2-1-4-3;;;/h3-6,11,14H,1-2,7-8H2;1-4H;5,8H,1-4H2;1H3;1,3H;;;/q;;;;;2*+1;-1/p-1/t11-;;5-;;;;;/m1.1...../s1/i;;;1D;;;;. The summed E-state index contributed by atoms with van der Waals surface area (Å²) in [6.07, 6.45) is 3.24. The number of piperidine rings is 2. The molecule has 0 bridgehead atoms. The molecule has 2 heterocycles. The van der Waals surface area contributed by atoms with E-state index in [1.54, 1.807) is 16.6 Å². The van der Waals surface area contributed by atoms with Crippen molar-refractivity contribution in [3.8, 4) is 0 Å². The molecule has 42 heavy (non-hydrogen) atoms. The van der Waals surface area contributed by atoms with Gasteiger partial charge in [-0.25, -0.2) is 8.81 Å². The van der Waals surface area contributed by atoms with Crippen molar-refractivity contribution in [3.63, 3.8) is 0 Å². The summed E-state index contributed by atoms with van der Waals surface area (Å²) in [6, 6.07) is 10.8. The number of hydrogen-bond acceptors (Lipinski definition) is 11. The quantitative estimate of drug-likeness (QED) is 0.0844. The molecule has 0 aromatic heterocycles. The van der Waals surface area contributed by atoms with Gasteiger partial charge in [-0.2, -0.15) is 0 Å². The summed E-state index contributed by atoms with van der Waals surface area (Å²) in [7, 11) is -1.00. The molecule has 2 saturated heterocycles. The minimum Gasteiger partial charge on any atom is -1.00 e. The van der Waals surface area contributed by atoms with E-state index >= 15 is 0 Å². The van der Waals surface area contributed by atoms with Crippen LogP contribution in [0.2, 0.25) is 0 Å². The predicted octanol–water partition coefficient (Wildman–Crippen LogP) is -2.97. The molecule has 2 aromatic rings. The maximum Gasteiger partial charge on any atom is 1.00 e. The van der Waals surface area contributed by atoms with Crippen molar-refractivity contribution in [3.05, 3.63) is 74.6 Å². The van der Waals surface area contributed by atoms with Crippen LogP contribution >= 0.6 is 11.8 Å². The van der Waals surface area contributed by atoms with Crippen LogP contribution in [0, 0.1) is 26.0 Å². The number of nitrogens with zero attached hydrogens (tertiary/aromatic N) is 4. The molecule has 13 nitrogen and oxygen atoms in total. The summed E-state index contributed by atoms with van der Waals surface area (Å²) >= 11 is 5.58. The number of β-amino-alcohol motifs (C(OH)–C–C–N with tert-alkyl or cyclic N) is 2. The van der Waals surface area contributed by atoms with Gasteiger partial charge in [0.05, 0.1) is 30.6 Å². The van der Waals surface area contributed by atoms with Crippen LogP contribution in [-0.4, -0.2) is 76.5 Å². The molecule has 2 aliphatic rings. The van der Waals surface area contributed by atoms with Gasteiger partial charge in [-0.1, -0.05) is 0 Å². The van der Waals surface area contributed by atoms with Gasteiger partial charge in [-0.05, 0) is 61.7 Å². The molecule has 226 valence electrons. The third-order valence-corrected chi connectivity index (χ3v) is 5.55. The number of carbonyl (C=O) groups excluding carboxylic acids is 1. The third-order valence-electron chi connectivity index (χ3n) is 5.25. The molecule has 2 N–H and O–H groups in total. The van der Waals surface area contributed by atoms with Crippen LogP contribution in [0.25, 0.3) is 0 Å². The van der Waals surface area contributed by atoms with Gasteiger partial charge in [0.2, 0.25) is 0 Å². The van der Waals surface area contributed by atoms with Crippen molar-refractivity contribution >= 4 is 35.3 Å². The predicted molar refractivity (Wildman–Crippen MR) is 142 cm³/mol. The summed E-state index contributed by atoms with van der Waals surface area (Å²) < 4.78 is 29.3. The van der Waals surface area contributed by atoms with E-state index in [9.17, 15) is 34.1 Å². The fraction of sp³-hybridized carbons (Fsp3) is 0.458. The first-order valence-electron chi connectivity index (χ1n) is 12.4. The Morgan fingerprint density at radius 1 is 0.976 bits per heavy atom. The van der Waals surface area contributed by atoms with E-state index in [0.29, 0.717) is 13.1 Å². The molecule has 0 radical (unpaired) electrons. The van der Waals surface area contributed by atoms with Gasteiger partial charge in [0.15, 0.2) is 0 Å². The number of alkyl halides is 1. The van der Waals surface area contributed by atoms with E-state index in [1.165, 1.54) is 12.1 Å². The molecular weight excluding hydrogens is 640 g/mol. The van der Waals surface area contributed by atoms with Crippen molar-refractivity contribution in [2.75, 3.05) is 38.2 Å². The van der Waals surface area contributed by atoms with Crippen molar-refractivity contribution < 1.29 is 149 Å².